The molecule has 0 spiro atoms. The first-order valence-corrected chi connectivity index (χ1v) is 9.90. The van der Waals surface area contributed by atoms with Gasteiger partial charge in [0, 0.05) is 10.7 Å². The predicted octanol–water partition coefficient (Wildman–Crippen LogP) is 6.75. The van der Waals surface area contributed by atoms with Crippen LogP contribution < -0.4 is 0 Å². The molecule has 0 N–H and O–H groups in total. The molecule has 0 amide bonds. The summed E-state index contributed by atoms with van der Waals surface area (Å²) in [7, 11) is 0. The summed E-state index contributed by atoms with van der Waals surface area (Å²) in [5, 5.41) is 0.695. The minimum Gasteiger partial charge on any atom is -0.278 e. The van der Waals surface area contributed by atoms with Crippen LogP contribution in [0.4, 0.5) is 0 Å². The van der Waals surface area contributed by atoms with Gasteiger partial charge in [0.1, 0.15) is 0 Å². The lowest BCUT2D eigenvalue weighted by Gasteiger charge is -2.08. The van der Waals surface area contributed by atoms with Gasteiger partial charge in [0.25, 0.3) is 0 Å². The highest BCUT2D eigenvalue weighted by atomic mass is 35.5. The topological polar surface area (TPSA) is 22.2 Å². The molecule has 0 radical (unpaired) electrons. The lowest BCUT2D eigenvalue weighted by atomic mass is 10.1. The van der Waals surface area contributed by atoms with Crippen LogP contribution in [0.2, 0.25) is 5.02 Å². The summed E-state index contributed by atoms with van der Waals surface area (Å²) in [5.74, 6) is 0.883. The van der Waals surface area contributed by atoms with Crippen molar-refractivity contribution in [3.8, 4) is 16.8 Å². The molecule has 2 aromatic heterocycles. The molecule has 0 aliphatic heterocycles. The zero-order valence-corrected chi connectivity index (χ0v) is 16.2. The number of benzene rings is 4. The summed E-state index contributed by atoms with van der Waals surface area (Å²) >= 11 is 6.22. The van der Waals surface area contributed by atoms with Gasteiger partial charge in [0.05, 0.1) is 22.1 Å². The summed E-state index contributed by atoms with van der Waals surface area (Å²) in [5.41, 5.74) is 7.65. The van der Waals surface area contributed by atoms with Crippen molar-refractivity contribution in [1.82, 2.24) is 14.0 Å². The lowest BCUT2D eigenvalue weighted by molar-refractivity contribution is 1.11. The molecule has 4 heteroatoms. The van der Waals surface area contributed by atoms with Crippen LogP contribution in [-0.2, 0) is 0 Å². The van der Waals surface area contributed by atoms with Crippen LogP contribution in [0, 0.1) is 0 Å². The van der Waals surface area contributed by atoms with Crippen LogP contribution in [0.5, 0.6) is 0 Å². The van der Waals surface area contributed by atoms with Gasteiger partial charge >= 0.3 is 0 Å². The number of nitrogens with zero attached hydrogens (tertiary/aromatic N) is 3. The monoisotopic (exact) mass is 393 g/mol. The SMILES string of the molecule is Clc1ccc2c(c1)nc1n(-c3cccc(-c4ccccc4)c3)c3ccccc3n21. The molecule has 0 fully saturated rings. The molecular formula is C25H16ClN3. The fourth-order valence-electron chi connectivity index (χ4n) is 4.09. The number of hydrogen-bond acceptors (Lipinski definition) is 1. The highest BCUT2D eigenvalue weighted by Crippen LogP contribution is 2.31. The molecule has 6 aromatic rings. The quantitative estimate of drug-likeness (QED) is 0.319. The standard InChI is InChI=1S/C25H16ClN3/c26-19-13-14-22-21(16-19)27-25-28(23-11-4-5-12-24(23)29(22)25)20-10-6-9-18(15-20)17-7-2-1-3-8-17/h1-16H. The summed E-state index contributed by atoms with van der Waals surface area (Å²) in [6.07, 6.45) is 0. The minimum atomic E-state index is 0.695. The van der Waals surface area contributed by atoms with E-state index in [9.17, 15) is 0 Å². The molecule has 0 atom stereocenters. The van der Waals surface area contributed by atoms with E-state index >= 15 is 0 Å². The third kappa shape index (κ3) is 2.48. The van der Waals surface area contributed by atoms with Crippen LogP contribution in [-0.4, -0.2) is 14.0 Å². The minimum absolute atomic E-state index is 0.695. The summed E-state index contributed by atoms with van der Waals surface area (Å²) in [4.78, 5) is 4.93. The molecule has 0 unspecified atom stereocenters. The van der Waals surface area contributed by atoms with E-state index < -0.39 is 0 Å². The summed E-state index contributed by atoms with van der Waals surface area (Å²) < 4.78 is 4.42. The highest BCUT2D eigenvalue weighted by molar-refractivity contribution is 6.31. The van der Waals surface area contributed by atoms with Crippen molar-refractivity contribution in [3.63, 3.8) is 0 Å². The van der Waals surface area contributed by atoms with Gasteiger partial charge in [-0.25, -0.2) is 4.98 Å². The normalized spacial score (nSPS) is 11.6. The third-order valence-corrected chi connectivity index (χ3v) is 5.61. The van der Waals surface area contributed by atoms with Gasteiger partial charge in [-0.3, -0.25) is 8.97 Å². The number of aromatic nitrogens is 3. The summed E-state index contributed by atoms with van der Waals surface area (Å²) in [6.45, 7) is 0. The molecule has 0 bridgehead atoms. The smallest absolute Gasteiger partial charge is 0.220 e. The maximum absolute atomic E-state index is 6.22. The van der Waals surface area contributed by atoms with E-state index in [0.29, 0.717) is 5.02 Å². The first kappa shape index (κ1) is 16.4. The van der Waals surface area contributed by atoms with Crippen molar-refractivity contribution in [2.24, 2.45) is 0 Å². The molecule has 0 saturated carbocycles. The molecule has 29 heavy (non-hydrogen) atoms. The van der Waals surface area contributed by atoms with Gasteiger partial charge in [-0.15, -0.1) is 0 Å². The Bertz CT molecular complexity index is 1510. The Morgan fingerprint density at radius 3 is 2.24 bits per heavy atom. The fraction of sp³-hybridized carbons (Fsp3) is 0. The average molecular weight is 394 g/mol. The van der Waals surface area contributed by atoms with Gasteiger partial charge in [-0.05, 0) is 53.6 Å². The molecule has 6 rings (SSSR count). The van der Waals surface area contributed by atoms with Crippen LogP contribution in [0.3, 0.4) is 0 Å². The fourth-order valence-corrected chi connectivity index (χ4v) is 4.25. The number of imidazole rings is 2. The number of halogens is 1. The highest BCUT2D eigenvalue weighted by Gasteiger charge is 2.17. The summed E-state index contributed by atoms with van der Waals surface area (Å²) in [6, 6.07) is 33.3. The first-order valence-electron chi connectivity index (χ1n) is 9.53. The van der Waals surface area contributed by atoms with E-state index in [4.69, 9.17) is 16.6 Å². The molecule has 138 valence electrons. The Morgan fingerprint density at radius 2 is 1.38 bits per heavy atom. The van der Waals surface area contributed by atoms with E-state index in [1.807, 2.05) is 24.3 Å². The van der Waals surface area contributed by atoms with Gasteiger partial charge in [0.15, 0.2) is 0 Å². The van der Waals surface area contributed by atoms with E-state index in [1.165, 1.54) is 11.1 Å². The average Bonchev–Trinajstić information content (AvgIpc) is 3.28. The molecule has 0 aliphatic carbocycles. The van der Waals surface area contributed by atoms with Crippen LogP contribution >= 0.6 is 11.6 Å². The zero-order valence-electron chi connectivity index (χ0n) is 15.5. The second-order valence-electron chi connectivity index (χ2n) is 7.12. The van der Waals surface area contributed by atoms with E-state index in [2.05, 4.69) is 81.8 Å². The van der Waals surface area contributed by atoms with Gasteiger partial charge in [-0.1, -0.05) is 66.2 Å². The zero-order chi connectivity index (χ0) is 19.4. The van der Waals surface area contributed by atoms with E-state index in [1.54, 1.807) is 0 Å². The molecule has 3 nitrogen and oxygen atoms in total. The van der Waals surface area contributed by atoms with Crippen molar-refractivity contribution < 1.29 is 0 Å². The Kier molecular flexibility index (Phi) is 3.52. The van der Waals surface area contributed by atoms with Gasteiger partial charge < -0.3 is 0 Å². The largest absolute Gasteiger partial charge is 0.278 e. The number of fused-ring (bicyclic) bond motifs is 5. The number of hydrogen-bond donors (Lipinski definition) is 0. The predicted molar refractivity (Wildman–Crippen MR) is 120 cm³/mol. The second-order valence-corrected chi connectivity index (χ2v) is 7.56. The Labute approximate surface area is 172 Å². The maximum atomic E-state index is 6.22. The molecule has 0 aliphatic rings. The van der Waals surface area contributed by atoms with Crippen molar-refractivity contribution >= 4 is 39.4 Å². The number of rotatable bonds is 2. The Morgan fingerprint density at radius 1 is 0.621 bits per heavy atom. The van der Waals surface area contributed by atoms with Gasteiger partial charge in [-0.2, -0.15) is 0 Å². The molecular weight excluding hydrogens is 378 g/mol. The maximum Gasteiger partial charge on any atom is 0.220 e. The van der Waals surface area contributed by atoms with Gasteiger partial charge in [0.2, 0.25) is 5.78 Å². The van der Waals surface area contributed by atoms with Crippen LogP contribution in [0.1, 0.15) is 0 Å². The van der Waals surface area contributed by atoms with Crippen LogP contribution in [0.15, 0.2) is 97.1 Å². The molecule has 0 saturated heterocycles. The first-order chi connectivity index (χ1) is 14.3. The van der Waals surface area contributed by atoms with Crippen molar-refractivity contribution in [2.45, 2.75) is 0 Å². The van der Waals surface area contributed by atoms with Crippen molar-refractivity contribution in [2.75, 3.05) is 0 Å². The van der Waals surface area contributed by atoms with Crippen molar-refractivity contribution in [3.05, 3.63) is 102 Å². The van der Waals surface area contributed by atoms with Crippen molar-refractivity contribution in [1.29, 1.82) is 0 Å². The lowest BCUT2D eigenvalue weighted by Crippen LogP contribution is -1.95. The van der Waals surface area contributed by atoms with Crippen LogP contribution in [0.25, 0.3) is 44.7 Å². The second kappa shape index (κ2) is 6.23. The molecule has 2 heterocycles. The third-order valence-electron chi connectivity index (χ3n) is 5.37. The number of para-hydroxylation sites is 2. The Hall–Kier alpha value is -3.56. The Balaban J connectivity index is 1.70. The van der Waals surface area contributed by atoms with E-state index in [-0.39, 0.29) is 0 Å². The van der Waals surface area contributed by atoms with E-state index in [0.717, 1.165) is 33.5 Å². The molecule has 4 aromatic carbocycles.